The highest BCUT2D eigenvalue weighted by molar-refractivity contribution is 5.97. The van der Waals surface area contributed by atoms with Crippen molar-refractivity contribution in [3.8, 4) is 5.75 Å². The van der Waals surface area contributed by atoms with Gasteiger partial charge >= 0.3 is 5.63 Å². The number of anilines is 3. The topological polar surface area (TPSA) is 83.8 Å². The van der Waals surface area contributed by atoms with Gasteiger partial charge in [-0.1, -0.05) is 26.0 Å². The molecule has 2 N–H and O–H groups in total. The summed E-state index contributed by atoms with van der Waals surface area (Å²) >= 11 is 0. The Kier molecular flexibility index (Phi) is 6.97. The first-order chi connectivity index (χ1) is 14.8. The molecule has 0 aliphatic heterocycles. The van der Waals surface area contributed by atoms with E-state index in [9.17, 15) is 9.59 Å². The third-order valence-corrected chi connectivity index (χ3v) is 5.04. The predicted molar refractivity (Wildman–Crippen MR) is 124 cm³/mol. The van der Waals surface area contributed by atoms with Crippen molar-refractivity contribution in [1.29, 1.82) is 0 Å². The number of methoxy groups -OCH3 is 1. The Hall–Kier alpha value is -3.32. The van der Waals surface area contributed by atoms with Gasteiger partial charge in [0.05, 0.1) is 24.5 Å². The second-order valence-electron chi connectivity index (χ2n) is 7.90. The van der Waals surface area contributed by atoms with E-state index in [0.29, 0.717) is 28.6 Å². The summed E-state index contributed by atoms with van der Waals surface area (Å²) in [4.78, 5) is 26.6. The zero-order valence-corrected chi connectivity index (χ0v) is 18.6. The zero-order valence-electron chi connectivity index (χ0n) is 18.6. The lowest BCUT2D eigenvalue weighted by molar-refractivity contribution is -0.117. The average Bonchev–Trinajstić information content (AvgIpc) is 2.76. The summed E-state index contributed by atoms with van der Waals surface area (Å²) in [7, 11) is 3.42. The molecule has 0 bridgehead atoms. The van der Waals surface area contributed by atoms with E-state index >= 15 is 0 Å². The molecule has 2 aromatic carbocycles. The highest BCUT2D eigenvalue weighted by atomic mass is 16.5. The van der Waals surface area contributed by atoms with Gasteiger partial charge in [-0.15, -0.1) is 0 Å². The van der Waals surface area contributed by atoms with Gasteiger partial charge in [-0.25, -0.2) is 4.79 Å². The Morgan fingerprint density at radius 2 is 1.87 bits per heavy atom. The smallest absolute Gasteiger partial charge is 0.338 e. The Morgan fingerprint density at radius 1 is 1.13 bits per heavy atom. The van der Waals surface area contributed by atoms with Gasteiger partial charge in [0.15, 0.2) is 0 Å². The summed E-state index contributed by atoms with van der Waals surface area (Å²) in [6, 6.07) is 14.0. The van der Waals surface area contributed by atoms with Gasteiger partial charge < -0.3 is 24.7 Å². The number of nitrogens with one attached hydrogen (secondary N) is 2. The lowest BCUT2D eigenvalue weighted by Crippen LogP contribution is -2.39. The number of ether oxygens (including phenoxy) is 1. The van der Waals surface area contributed by atoms with Crippen LogP contribution >= 0.6 is 0 Å². The fourth-order valence-electron chi connectivity index (χ4n) is 3.26. The number of rotatable bonds is 8. The van der Waals surface area contributed by atoms with Gasteiger partial charge in [-0.2, -0.15) is 0 Å². The molecule has 1 amide bonds. The monoisotopic (exact) mass is 423 g/mol. The summed E-state index contributed by atoms with van der Waals surface area (Å²) in [6.45, 7) is 6.76. The lowest BCUT2D eigenvalue weighted by Gasteiger charge is -2.23. The summed E-state index contributed by atoms with van der Waals surface area (Å²) in [5.74, 6) is 0.851. The number of carbonyl (C=O) groups is 1. The summed E-state index contributed by atoms with van der Waals surface area (Å²) in [5, 5.41) is 6.98. The third-order valence-electron chi connectivity index (χ3n) is 5.04. The van der Waals surface area contributed by atoms with Gasteiger partial charge in [0, 0.05) is 24.2 Å². The van der Waals surface area contributed by atoms with Crippen molar-refractivity contribution >= 4 is 33.9 Å². The first kappa shape index (κ1) is 22.4. The van der Waals surface area contributed by atoms with Crippen molar-refractivity contribution in [2.75, 3.05) is 30.9 Å². The Bertz CT molecular complexity index is 1120. The molecule has 31 heavy (non-hydrogen) atoms. The molecule has 7 heteroatoms. The van der Waals surface area contributed by atoms with Crippen molar-refractivity contribution in [3.05, 3.63) is 59.0 Å². The normalized spacial score (nSPS) is 12.1. The van der Waals surface area contributed by atoms with E-state index in [1.54, 1.807) is 19.2 Å². The predicted octanol–water partition coefficient (Wildman–Crippen LogP) is 4.14. The fraction of sp³-hybridized carbons (Fsp3) is 0.333. The lowest BCUT2D eigenvalue weighted by atomic mass is 10.1. The summed E-state index contributed by atoms with van der Waals surface area (Å²) in [6.07, 6.45) is 0. The molecule has 3 aromatic rings. The molecule has 0 saturated heterocycles. The minimum absolute atomic E-state index is 0.149. The molecule has 3 rings (SSSR count). The molecule has 1 heterocycles. The molecule has 0 radical (unpaired) electrons. The highest BCUT2D eigenvalue weighted by Gasteiger charge is 2.17. The standard InChI is InChI=1S/C24H29N3O4/c1-15(2)14-25-16(3)24(29)26-19-12-17(10-11-22(19)30-5)27(4)20-13-23(28)31-21-9-7-6-8-18(20)21/h6-13,15-16,25H,14H2,1-5H3,(H,26,29)/t16-/m0/s1. The molecule has 0 fully saturated rings. The second kappa shape index (κ2) is 9.66. The van der Waals surface area contributed by atoms with Gasteiger partial charge in [0.2, 0.25) is 5.91 Å². The number of amides is 1. The van der Waals surface area contributed by atoms with Crippen LogP contribution in [-0.2, 0) is 4.79 Å². The molecule has 0 spiro atoms. The molecule has 164 valence electrons. The maximum absolute atomic E-state index is 12.7. The van der Waals surface area contributed by atoms with Crippen molar-refractivity contribution in [2.45, 2.75) is 26.8 Å². The van der Waals surface area contributed by atoms with Crippen LogP contribution in [0.15, 0.2) is 57.7 Å². The van der Waals surface area contributed by atoms with Crippen LogP contribution in [0.25, 0.3) is 11.0 Å². The molecule has 0 aliphatic rings. The minimum atomic E-state index is -0.423. The first-order valence-electron chi connectivity index (χ1n) is 10.3. The average molecular weight is 424 g/mol. The zero-order chi connectivity index (χ0) is 22.5. The molecule has 0 aliphatic carbocycles. The van der Waals surface area contributed by atoms with Crippen molar-refractivity contribution in [1.82, 2.24) is 5.32 Å². The van der Waals surface area contributed by atoms with E-state index in [0.717, 1.165) is 17.6 Å². The maximum atomic E-state index is 12.7. The van der Waals surface area contributed by atoms with Gasteiger partial charge in [-0.3, -0.25) is 4.79 Å². The van der Waals surface area contributed by atoms with E-state index in [1.165, 1.54) is 6.07 Å². The van der Waals surface area contributed by atoms with Crippen LogP contribution < -0.4 is 25.9 Å². The Labute approximate surface area is 182 Å². The molecular formula is C24H29N3O4. The Morgan fingerprint density at radius 3 is 2.58 bits per heavy atom. The van der Waals surface area contributed by atoms with Gasteiger partial charge in [0.1, 0.15) is 11.3 Å². The Balaban J connectivity index is 1.92. The van der Waals surface area contributed by atoms with Crippen LogP contribution in [0.1, 0.15) is 20.8 Å². The van der Waals surface area contributed by atoms with E-state index in [4.69, 9.17) is 9.15 Å². The highest BCUT2D eigenvalue weighted by Crippen LogP contribution is 2.34. The van der Waals surface area contributed by atoms with E-state index in [1.807, 2.05) is 49.2 Å². The molecule has 1 atom stereocenters. The minimum Gasteiger partial charge on any atom is -0.495 e. The fourth-order valence-corrected chi connectivity index (χ4v) is 3.26. The number of hydrogen-bond acceptors (Lipinski definition) is 6. The number of hydrogen-bond donors (Lipinski definition) is 2. The van der Waals surface area contributed by atoms with Crippen LogP contribution in [0.3, 0.4) is 0 Å². The van der Waals surface area contributed by atoms with Crippen LogP contribution in [-0.4, -0.2) is 32.7 Å². The first-order valence-corrected chi connectivity index (χ1v) is 10.3. The summed E-state index contributed by atoms with van der Waals surface area (Å²) < 4.78 is 10.7. The molecular weight excluding hydrogens is 394 g/mol. The second-order valence-corrected chi connectivity index (χ2v) is 7.90. The van der Waals surface area contributed by atoms with E-state index < -0.39 is 5.63 Å². The maximum Gasteiger partial charge on any atom is 0.338 e. The van der Waals surface area contributed by atoms with Crippen LogP contribution in [0.5, 0.6) is 5.75 Å². The van der Waals surface area contributed by atoms with Crippen LogP contribution in [0.2, 0.25) is 0 Å². The van der Waals surface area contributed by atoms with Crippen molar-refractivity contribution < 1.29 is 13.9 Å². The number of carbonyl (C=O) groups excluding carboxylic acids is 1. The quantitative estimate of drug-likeness (QED) is 0.530. The molecule has 0 unspecified atom stereocenters. The van der Waals surface area contributed by atoms with Gasteiger partial charge in [0.25, 0.3) is 0 Å². The van der Waals surface area contributed by atoms with Crippen LogP contribution in [0, 0.1) is 5.92 Å². The number of para-hydroxylation sites is 1. The third kappa shape index (κ3) is 5.24. The number of benzene rings is 2. The molecule has 7 nitrogen and oxygen atoms in total. The molecule has 0 saturated carbocycles. The van der Waals surface area contributed by atoms with E-state index in [-0.39, 0.29) is 11.9 Å². The van der Waals surface area contributed by atoms with Crippen molar-refractivity contribution in [2.24, 2.45) is 5.92 Å². The summed E-state index contributed by atoms with van der Waals surface area (Å²) in [5.41, 5.74) is 2.15. The largest absolute Gasteiger partial charge is 0.495 e. The van der Waals surface area contributed by atoms with Gasteiger partial charge in [-0.05, 0) is 49.7 Å². The SMILES string of the molecule is COc1ccc(N(C)c2cc(=O)oc3ccccc23)cc1NC(=O)[C@H](C)NCC(C)C. The van der Waals surface area contributed by atoms with Crippen LogP contribution in [0.4, 0.5) is 17.1 Å². The molecule has 1 aromatic heterocycles. The number of nitrogens with zero attached hydrogens (tertiary/aromatic N) is 1. The van der Waals surface area contributed by atoms with E-state index in [2.05, 4.69) is 24.5 Å². The number of fused-ring (bicyclic) bond motifs is 1. The van der Waals surface area contributed by atoms with Crippen molar-refractivity contribution in [3.63, 3.8) is 0 Å².